The van der Waals surface area contributed by atoms with Crippen LogP contribution in [0.1, 0.15) is 5.56 Å². The number of hydrogen-bond acceptors (Lipinski definition) is 2. The van der Waals surface area contributed by atoms with Crippen LogP contribution in [0.15, 0.2) is 54.6 Å². The second-order valence-corrected chi connectivity index (χ2v) is 5.59. The van der Waals surface area contributed by atoms with Gasteiger partial charge in [-0.2, -0.15) is 0 Å². The number of aromatic amines is 1. The molecule has 1 heterocycles. The first-order chi connectivity index (χ1) is 10.7. The molecule has 4 rings (SSSR count). The van der Waals surface area contributed by atoms with E-state index < -0.39 is 0 Å². The standard InChI is InChI=1S/C19H16N2O/c1-11-10-14(12-6-3-5-9-16(12)22)17-13-7-2-4-8-15(13)21-19(17)18(11)20/h2-10,21-22H,20H2,1H3. The maximum absolute atomic E-state index is 10.3. The van der Waals surface area contributed by atoms with E-state index in [4.69, 9.17) is 5.73 Å². The van der Waals surface area contributed by atoms with E-state index in [1.807, 2.05) is 49.4 Å². The zero-order chi connectivity index (χ0) is 15.3. The third-order valence-electron chi connectivity index (χ3n) is 4.22. The summed E-state index contributed by atoms with van der Waals surface area (Å²) in [6.07, 6.45) is 0. The molecule has 3 heteroatoms. The number of nitrogen functional groups attached to an aromatic ring is 1. The Kier molecular flexibility index (Phi) is 2.63. The van der Waals surface area contributed by atoms with Crippen molar-refractivity contribution in [1.82, 2.24) is 4.98 Å². The van der Waals surface area contributed by atoms with Crippen molar-refractivity contribution in [3.8, 4) is 16.9 Å². The molecule has 3 nitrogen and oxygen atoms in total. The number of aromatic hydroxyl groups is 1. The van der Waals surface area contributed by atoms with Crippen molar-refractivity contribution in [3.63, 3.8) is 0 Å². The number of phenolic OH excluding ortho intramolecular Hbond substituents is 1. The van der Waals surface area contributed by atoms with Gasteiger partial charge >= 0.3 is 0 Å². The highest BCUT2D eigenvalue weighted by Crippen LogP contribution is 2.41. The summed E-state index contributed by atoms with van der Waals surface area (Å²) < 4.78 is 0. The minimum Gasteiger partial charge on any atom is -0.507 e. The summed E-state index contributed by atoms with van der Waals surface area (Å²) in [5.74, 6) is 0.276. The summed E-state index contributed by atoms with van der Waals surface area (Å²) in [5.41, 5.74) is 11.8. The number of phenols is 1. The molecule has 0 bridgehead atoms. The molecule has 0 radical (unpaired) electrons. The Labute approximate surface area is 128 Å². The maximum atomic E-state index is 10.3. The van der Waals surface area contributed by atoms with Gasteiger partial charge in [-0.3, -0.25) is 0 Å². The molecule has 0 unspecified atom stereocenters. The first-order valence-corrected chi connectivity index (χ1v) is 7.24. The van der Waals surface area contributed by atoms with Gasteiger partial charge in [-0.1, -0.05) is 36.4 Å². The third kappa shape index (κ3) is 1.69. The van der Waals surface area contributed by atoms with Gasteiger partial charge in [0.05, 0.1) is 11.2 Å². The monoisotopic (exact) mass is 288 g/mol. The van der Waals surface area contributed by atoms with Gasteiger partial charge in [0, 0.05) is 21.9 Å². The molecule has 0 fully saturated rings. The van der Waals surface area contributed by atoms with Gasteiger partial charge in [-0.05, 0) is 36.2 Å². The molecule has 0 spiro atoms. The molecule has 3 aromatic carbocycles. The smallest absolute Gasteiger partial charge is 0.123 e. The molecular formula is C19H16N2O. The normalized spacial score (nSPS) is 11.3. The topological polar surface area (TPSA) is 62.0 Å². The average Bonchev–Trinajstić information content (AvgIpc) is 2.91. The van der Waals surface area contributed by atoms with E-state index in [0.29, 0.717) is 0 Å². The Morgan fingerprint density at radius 1 is 0.955 bits per heavy atom. The van der Waals surface area contributed by atoms with Crippen molar-refractivity contribution < 1.29 is 5.11 Å². The Balaban J connectivity index is 2.23. The first kappa shape index (κ1) is 12.8. The van der Waals surface area contributed by atoms with Crippen molar-refractivity contribution in [2.45, 2.75) is 6.92 Å². The molecule has 0 aliphatic carbocycles. The molecule has 1 aromatic heterocycles. The molecule has 0 amide bonds. The van der Waals surface area contributed by atoms with Gasteiger partial charge in [0.2, 0.25) is 0 Å². The van der Waals surface area contributed by atoms with Crippen molar-refractivity contribution in [3.05, 3.63) is 60.2 Å². The molecule has 0 atom stereocenters. The summed E-state index contributed by atoms with van der Waals surface area (Å²) in [6, 6.07) is 17.6. The number of benzene rings is 3. The predicted molar refractivity (Wildman–Crippen MR) is 92.1 cm³/mol. The SMILES string of the molecule is Cc1cc(-c2ccccc2O)c2c([nH]c3ccccc32)c1N. The molecule has 0 saturated carbocycles. The Hall–Kier alpha value is -2.94. The lowest BCUT2D eigenvalue weighted by Gasteiger charge is -2.11. The number of fused-ring (bicyclic) bond motifs is 3. The quantitative estimate of drug-likeness (QED) is 0.449. The number of nitrogens with two attached hydrogens (primary N) is 1. The van der Waals surface area contributed by atoms with E-state index >= 15 is 0 Å². The number of rotatable bonds is 1. The van der Waals surface area contributed by atoms with Gasteiger partial charge < -0.3 is 15.8 Å². The van der Waals surface area contributed by atoms with Crippen LogP contribution in [0, 0.1) is 6.92 Å². The molecule has 22 heavy (non-hydrogen) atoms. The van der Waals surface area contributed by atoms with Crippen molar-refractivity contribution in [2.75, 3.05) is 5.73 Å². The maximum Gasteiger partial charge on any atom is 0.123 e. The summed E-state index contributed by atoms with van der Waals surface area (Å²) in [7, 11) is 0. The highest BCUT2D eigenvalue weighted by Gasteiger charge is 2.16. The highest BCUT2D eigenvalue weighted by atomic mass is 16.3. The minimum absolute atomic E-state index is 0.276. The van der Waals surface area contributed by atoms with Gasteiger partial charge in [0.25, 0.3) is 0 Å². The molecule has 108 valence electrons. The number of anilines is 1. The van der Waals surface area contributed by atoms with Crippen LogP contribution < -0.4 is 5.73 Å². The summed E-state index contributed by atoms with van der Waals surface area (Å²) in [5, 5.41) is 12.4. The lowest BCUT2D eigenvalue weighted by molar-refractivity contribution is 0.477. The zero-order valence-electron chi connectivity index (χ0n) is 12.2. The number of H-pyrrole nitrogens is 1. The van der Waals surface area contributed by atoms with E-state index in [-0.39, 0.29) is 5.75 Å². The van der Waals surface area contributed by atoms with Crippen LogP contribution >= 0.6 is 0 Å². The lowest BCUT2D eigenvalue weighted by Crippen LogP contribution is -1.93. The second kappa shape index (κ2) is 4.53. The highest BCUT2D eigenvalue weighted by molar-refractivity contribution is 6.18. The first-order valence-electron chi connectivity index (χ1n) is 7.24. The van der Waals surface area contributed by atoms with Crippen LogP contribution in [0.4, 0.5) is 5.69 Å². The van der Waals surface area contributed by atoms with Gasteiger partial charge in [-0.15, -0.1) is 0 Å². The zero-order valence-corrected chi connectivity index (χ0v) is 12.2. The Morgan fingerprint density at radius 3 is 2.50 bits per heavy atom. The summed E-state index contributed by atoms with van der Waals surface area (Å²) in [6.45, 7) is 1.99. The van der Waals surface area contributed by atoms with Gasteiger partial charge in [0.1, 0.15) is 5.75 Å². The van der Waals surface area contributed by atoms with E-state index in [1.165, 1.54) is 0 Å². The average molecular weight is 288 g/mol. The largest absolute Gasteiger partial charge is 0.507 e. The summed E-state index contributed by atoms with van der Waals surface area (Å²) in [4.78, 5) is 3.41. The molecule has 4 aromatic rings. The number of nitrogens with one attached hydrogen (secondary N) is 1. The molecule has 0 aliphatic heterocycles. The van der Waals surface area contributed by atoms with E-state index in [2.05, 4.69) is 11.1 Å². The van der Waals surface area contributed by atoms with Gasteiger partial charge in [0.15, 0.2) is 0 Å². The minimum atomic E-state index is 0.276. The molecule has 0 saturated heterocycles. The number of para-hydroxylation sites is 2. The number of hydrogen-bond donors (Lipinski definition) is 3. The number of aromatic nitrogens is 1. The van der Waals surface area contributed by atoms with Crippen molar-refractivity contribution in [2.24, 2.45) is 0 Å². The fourth-order valence-corrected chi connectivity index (χ4v) is 3.10. The van der Waals surface area contributed by atoms with Gasteiger partial charge in [-0.25, -0.2) is 0 Å². The van der Waals surface area contributed by atoms with Crippen LogP contribution in [0.3, 0.4) is 0 Å². The van der Waals surface area contributed by atoms with Crippen LogP contribution in [0.25, 0.3) is 32.9 Å². The van der Waals surface area contributed by atoms with E-state index in [1.54, 1.807) is 6.07 Å². The van der Waals surface area contributed by atoms with Crippen LogP contribution in [-0.4, -0.2) is 10.1 Å². The van der Waals surface area contributed by atoms with Crippen molar-refractivity contribution in [1.29, 1.82) is 0 Å². The number of aryl methyl sites for hydroxylation is 1. The molecule has 4 N–H and O–H groups in total. The van der Waals surface area contributed by atoms with E-state index in [9.17, 15) is 5.11 Å². The van der Waals surface area contributed by atoms with Crippen LogP contribution in [0.5, 0.6) is 5.75 Å². The summed E-state index contributed by atoms with van der Waals surface area (Å²) >= 11 is 0. The van der Waals surface area contributed by atoms with Crippen LogP contribution in [-0.2, 0) is 0 Å². The predicted octanol–water partition coefficient (Wildman–Crippen LogP) is 4.58. The Morgan fingerprint density at radius 2 is 1.68 bits per heavy atom. The lowest BCUT2D eigenvalue weighted by atomic mass is 9.95. The van der Waals surface area contributed by atoms with Crippen molar-refractivity contribution >= 4 is 27.5 Å². The second-order valence-electron chi connectivity index (χ2n) is 5.59. The molecular weight excluding hydrogens is 272 g/mol. The molecule has 0 aliphatic rings. The Bertz CT molecular complexity index is 1010. The fraction of sp³-hybridized carbons (Fsp3) is 0.0526. The third-order valence-corrected chi connectivity index (χ3v) is 4.22. The van der Waals surface area contributed by atoms with Crippen LogP contribution in [0.2, 0.25) is 0 Å². The fourth-order valence-electron chi connectivity index (χ4n) is 3.10. The van der Waals surface area contributed by atoms with E-state index in [0.717, 1.165) is 44.2 Å².